The van der Waals surface area contributed by atoms with Crippen LogP contribution < -0.4 is 10.6 Å². The van der Waals surface area contributed by atoms with Gasteiger partial charge in [-0.15, -0.1) is 0 Å². The van der Waals surface area contributed by atoms with Gasteiger partial charge in [-0.3, -0.25) is 9.79 Å². The molecule has 0 atom stereocenters. The maximum Gasteiger partial charge on any atom is 0.223 e. The molecule has 1 saturated heterocycles. The summed E-state index contributed by atoms with van der Waals surface area (Å²) in [5.74, 6) is 1.55. The van der Waals surface area contributed by atoms with E-state index in [0.717, 1.165) is 23.8 Å². The third kappa shape index (κ3) is 3.40. The van der Waals surface area contributed by atoms with Gasteiger partial charge in [-0.2, -0.15) is 0 Å². The number of nitrogens with one attached hydrogen (secondary N) is 2. The molecule has 1 amide bonds. The fourth-order valence-electron chi connectivity index (χ4n) is 1.52. The maximum atomic E-state index is 11.3. The van der Waals surface area contributed by atoms with Crippen molar-refractivity contribution in [3.05, 3.63) is 0 Å². The first-order chi connectivity index (χ1) is 7.57. The first-order valence-corrected chi connectivity index (χ1v) is 6.78. The molecular weight excluding hydrogens is 222 g/mol. The average molecular weight is 241 g/mol. The van der Waals surface area contributed by atoms with Crippen LogP contribution in [-0.4, -0.2) is 35.5 Å². The second-order valence-corrected chi connectivity index (χ2v) is 6.01. The molecule has 1 aliphatic heterocycles. The number of hydrogen-bond acceptors (Lipinski definition) is 3. The topological polar surface area (TPSA) is 53.5 Å². The Morgan fingerprint density at radius 3 is 2.94 bits per heavy atom. The highest BCUT2D eigenvalue weighted by atomic mass is 32.2. The van der Waals surface area contributed by atoms with Gasteiger partial charge in [0.25, 0.3) is 0 Å². The number of amidine groups is 1. The van der Waals surface area contributed by atoms with Crippen molar-refractivity contribution in [1.82, 2.24) is 10.6 Å². The standard InChI is InChI=1S/C11H19N3OS/c1-11(2)7-16-10(14-11)13-6-5-12-9(15)8-3-4-8/h8H,3-7H2,1-2H3,(H,12,15)(H,13,14). The lowest BCUT2D eigenvalue weighted by Gasteiger charge is -2.15. The molecule has 5 heteroatoms. The van der Waals surface area contributed by atoms with Crippen LogP contribution in [0.3, 0.4) is 0 Å². The molecule has 0 unspecified atom stereocenters. The SMILES string of the molecule is CC1(C)CSC(=NCCNC(=O)C2CC2)N1. The van der Waals surface area contributed by atoms with Crippen LogP contribution in [0.4, 0.5) is 0 Å². The van der Waals surface area contributed by atoms with E-state index in [1.165, 1.54) is 0 Å². The van der Waals surface area contributed by atoms with Gasteiger partial charge < -0.3 is 10.6 Å². The summed E-state index contributed by atoms with van der Waals surface area (Å²) in [5.41, 5.74) is 0.154. The molecule has 16 heavy (non-hydrogen) atoms. The number of carbonyl (C=O) groups is 1. The number of nitrogens with zero attached hydrogens (tertiary/aromatic N) is 1. The number of amides is 1. The quantitative estimate of drug-likeness (QED) is 0.722. The van der Waals surface area contributed by atoms with E-state index in [2.05, 4.69) is 29.5 Å². The Labute approximate surface area is 101 Å². The molecule has 0 radical (unpaired) electrons. The number of rotatable bonds is 4. The fourth-order valence-corrected chi connectivity index (χ4v) is 2.62. The van der Waals surface area contributed by atoms with Crippen LogP contribution >= 0.6 is 11.8 Å². The average Bonchev–Trinajstić information content (AvgIpc) is 2.99. The van der Waals surface area contributed by atoms with E-state index in [4.69, 9.17) is 0 Å². The molecule has 90 valence electrons. The molecule has 1 saturated carbocycles. The minimum absolute atomic E-state index is 0.154. The number of hydrogen-bond donors (Lipinski definition) is 2. The van der Waals surface area contributed by atoms with Crippen molar-refractivity contribution in [3.8, 4) is 0 Å². The van der Waals surface area contributed by atoms with Gasteiger partial charge in [-0.05, 0) is 26.7 Å². The Morgan fingerprint density at radius 1 is 1.62 bits per heavy atom. The number of aliphatic imine (C=N–C) groups is 1. The van der Waals surface area contributed by atoms with E-state index in [-0.39, 0.29) is 11.4 Å². The van der Waals surface area contributed by atoms with Crippen molar-refractivity contribution in [3.63, 3.8) is 0 Å². The summed E-state index contributed by atoms with van der Waals surface area (Å²) in [6.45, 7) is 5.65. The Morgan fingerprint density at radius 2 is 2.38 bits per heavy atom. The van der Waals surface area contributed by atoms with Crippen LogP contribution in [0.25, 0.3) is 0 Å². The lowest BCUT2D eigenvalue weighted by atomic mass is 10.1. The highest BCUT2D eigenvalue weighted by Gasteiger charge is 2.29. The second-order valence-electron chi connectivity index (χ2n) is 5.05. The van der Waals surface area contributed by atoms with Gasteiger partial charge in [0.2, 0.25) is 5.91 Å². The molecule has 2 rings (SSSR count). The summed E-state index contributed by atoms with van der Waals surface area (Å²) in [7, 11) is 0. The Kier molecular flexibility index (Phi) is 3.42. The van der Waals surface area contributed by atoms with E-state index in [1.54, 1.807) is 11.8 Å². The van der Waals surface area contributed by atoms with Crippen molar-refractivity contribution in [2.75, 3.05) is 18.8 Å². The summed E-state index contributed by atoms with van der Waals surface area (Å²) in [5, 5.41) is 7.27. The van der Waals surface area contributed by atoms with Crippen molar-refractivity contribution < 1.29 is 4.79 Å². The fraction of sp³-hybridized carbons (Fsp3) is 0.818. The molecule has 0 bridgehead atoms. The van der Waals surface area contributed by atoms with Crippen LogP contribution in [0.1, 0.15) is 26.7 Å². The minimum atomic E-state index is 0.154. The van der Waals surface area contributed by atoms with Crippen LogP contribution in [0.5, 0.6) is 0 Å². The molecule has 0 aromatic carbocycles. The summed E-state index contributed by atoms with van der Waals surface area (Å²) >= 11 is 1.75. The molecule has 0 aromatic heterocycles. The van der Waals surface area contributed by atoms with E-state index in [9.17, 15) is 4.79 Å². The summed E-state index contributed by atoms with van der Waals surface area (Å²) in [6, 6.07) is 0. The zero-order chi connectivity index (χ0) is 11.6. The Bertz CT molecular complexity index is 310. The Balaban J connectivity index is 1.63. The molecule has 2 N–H and O–H groups in total. The van der Waals surface area contributed by atoms with Crippen LogP contribution in [0.2, 0.25) is 0 Å². The largest absolute Gasteiger partial charge is 0.359 e. The van der Waals surface area contributed by atoms with Crippen molar-refractivity contribution in [2.45, 2.75) is 32.2 Å². The van der Waals surface area contributed by atoms with Gasteiger partial charge >= 0.3 is 0 Å². The van der Waals surface area contributed by atoms with E-state index < -0.39 is 0 Å². The normalized spacial score (nSPS) is 25.5. The lowest BCUT2D eigenvalue weighted by Crippen LogP contribution is -2.37. The third-order valence-electron chi connectivity index (χ3n) is 2.63. The number of carbonyl (C=O) groups excluding carboxylic acids is 1. The third-order valence-corrected chi connectivity index (χ3v) is 4.00. The zero-order valence-electron chi connectivity index (χ0n) is 9.88. The first-order valence-electron chi connectivity index (χ1n) is 5.80. The van der Waals surface area contributed by atoms with E-state index in [0.29, 0.717) is 19.0 Å². The first kappa shape index (κ1) is 11.8. The van der Waals surface area contributed by atoms with E-state index >= 15 is 0 Å². The molecule has 0 aromatic rings. The van der Waals surface area contributed by atoms with Crippen LogP contribution in [-0.2, 0) is 4.79 Å². The van der Waals surface area contributed by atoms with Crippen molar-refractivity contribution in [1.29, 1.82) is 0 Å². The van der Waals surface area contributed by atoms with Crippen LogP contribution in [0, 0.1) is 5.92 Å². The number of thioether (sulfide) groups is 1. The van der Waals surface area contributed by atoms with Gasteiger partial charge in [0.05, 0.1) is 6.54 Å². The second kappa shape index (κ2) is 4.65. The predicted octanol–water partition coefficient (Wildman–Crippen LogP) is 0.984. The lowest BCUT2D eigenvalue weighted by molar-refractivity contribution is -0.122. The van der Waals surface area contributed by atoms with Crippen LogP contribution in [0.15, 0.2) is 4.99 Å². The van der Waals surface area contributed by atoms with Gasteiger partial charge in [0.1, 0.15) is 0 Å². The van der Waals surface area contributed by atoms with Gasteiger partial charge in [0, 0.05) is 23.8 Å². The van der Waals surface area contributed by atoms with Gasteiger partial charge in [-0.25, -0.2) is 0 Å². The highest BCUT2D eigenvalue weighted by molar-refractivity contribution is 8.14. The van der Waals surface area contributed by atoms with Crippen molar-refractivity contribution >= 4 is 22.8 Å². The molecule has 1 aliphatic carbocycles. The molecule has 0 spiro atoms. The Hall–Kier alpha value is -0.710. The van der Waals surface area contributed by atoms with Gasteiger partial charge in [-0.1, -0.05) is 11.8 Å². The summed E-state index contributed by atoms with van der Waals surface area (Å²) in [4.78, 5) is 15.7. The van der Waals surface area contributed by atoms with E-state index in [1.807, 2.05) is 0 Å². The smallest absolute Gasteiger partial charge is 0.223 e. The molecule has 2 aliphatic rings. The minimum Gasteiger partial charge on any atom is -0.359 e. The zero-order valence-corrected chi connectivity index (χ0v) is 10.7. The molecule has 1 heterocycles. The highest BCUT2D eigenvalue weighted by Crippen LogP contribution is 2.28. The molecular formula is C11H19N3OS. The molecule has 4 nitrogen and oxygen atoms in total. The predicted molar refractivity (Wildman–Crippen MR) is 67.7 cm³/mol. The summed E-state index contributed by atoms with van der Waals surface area (Å²) in [6.07, 6.45) is 2.12. The van der Waals surface area contributed by atoms with Gasteiger partial charge in [0.15, 0.2) is 5.17 Å². The summed E-state index contributed by atoms with van der Waals surface area (Å²) < 4.78 is 0. The maximum absolute atomic E-state index is 11.3. The van der Waals surface area contributed by atoms with Crippen molar-refractivity contribution in [2.24, 2.45) is 10.9 Å². The molecule has 2 fully saturated rings. The monoisotopic (exact) mass is 241 g/mol.